The van der Waals surface area contributed by atoms with Crippen LogP contribution in [0, 0.1) is 13.8 Å². The van der Waals surface area contributed by atoms with Crippen LogP contribution in [0.25, 0.3) is 0 Å². The van der Waals surface area contributed by atoms with E-state index in [1.54, 1.807) is 7.11 Å². The van der Waals surface area contributed by atoms with Crippen molar-refractivity contribution in [2.75, 3.05) is 25.6 Å². The van der Waals surface area contributed by atoms with E-state index in [1.807, 2.05) is 12.1 Å². The van der Waals surface area contributed by atoms with Crippen molar-refractivity contribution < 1.29 is 4.74 Å². The van der Waals surface area contributed by atoms with Gasteiger partial charge in [-0.15, -0.1) is 0 Å². The molecule has 3 N–H and O–H groups in total. The van der Waals surface area contributed by atoms with E-state index >= 15 is 0 Å². The van der Waals surface area contributed by atoms with Crippen LogP contribution >= 0.6 is 0 Å². The summed E-state index contributed by atoms with van der Waals surface area (Å²) in [5, 5.41) is 3.05. The zero-order valence-electron chi connectivity index (χ0n) is 10.1. The Morgan fingerprint density at radius 3 is 2.50 bits per heavy atom. The largest absolute Gasteiger partial charge is 0.383 e. The van der Waals surface area contributed by atoms with Gasteiger partial charge in [0, 0.05) is 12.8 Å². The van der Waals surface area contributed by atoms with Gasteiger partial charge in [0.2, 0.25) is 0 Å². The number of aliphatic imine (C=N–C) groups is 1. The first-order valence-corrected chi connectivity index (χ1v) is 5.26. The lowest BCUT2D eigenvalue weighted by Crippen LogP contribution is -2.23. The van der Waals surface area contributed by atoms with Gasteiger partial charge < -0.3 is 15.8 Å². The topological polar surface area (TPSA) is 59.6 Å². The Bertz CT molecular complexity index is 354. The third-order valence-corrected chi connectivity index (χ3v) is 2.07. The summed E-state index contributed by atoms with van der Waals surface area (Å²) in [6, 6.07) is 6.18. The van der Waals surface area contributed by atoms with Crippen LogP contribution in [0.2, 0.25) is 0 Å². The van der Waals surface area contributed by atoms with Crippen LogP contribution in [-0.4, -0.2) is 26.2 Å². The molecule has 0 fully saturated rings. The fourth-order valence-corrected chi connectivity index (χ4v) is 1.49. The van der Waals surface area contributed by atoms with Gasteiger partial charge in [0.1, 0.15) is 0 Å². The van der Waals surface area contributed by atoms with E-state index in [9.17, 15) is 0 Å². The Kier molecular flexibility index (Phi) is 4.79. The second-order valence-electron chi connectivity index (χ2n) is 3.76. The van der Waals surface area contributed by atoms with Crippen molar-refractivity contribution in [2.45, 2.75) is 13.8 Å². The molecule has 1 aromatic rings. The molecule has 4 heteroatoms. The Hall–Kier alpha value is -1.55. The molecule has 0 aliphatic rings. The van der Waals surface area contributed by atoms with Crippen LogP contribution in [0.15, 0.2) is 23.2 Å². The van der Waals surface area contributed by atoms with Crippen LogP contribution in [0.4, 0.5) is 5.69 Å². The molecule has 4 nitrogen and oxygen atoms in total. The normalized spacial score (nSPS) is 11.6. The minimum absolute atomic E-state index is 0.419. The van der Waals surface area contributed by atoms with Crippen LogP contribution in [-0.2, 0) is 4.74 Å². The molecule has 1 aromatic carbocycles. The molecule has 0 amide bonds. The maximum atomic E-state index is 5.73. The zero-order valence-corrected chi connectivity index (χ0v) is 10.1. The van der Waals surface area contributed by atoms with E-state index in [-0.39, 0.29) is 0 Å². The molecule has 16 heavy (non-hydrogen) atoms. The zero-order chi connectivity index (χ0) is 12.0. The van der Waals surface area contributed by atoms with Crippen LogP contribution in [0.3, 0.4) is 0 Å². The van der Waals surface area contributed by atoms with Crippen molar-refractivity contribution >= 4 is 11.6 Å². The first kappa shape index (κ1) is 12.5. The second kappa shape index (κ2) is 6.12. The molecule has 1 rings (SSSR count). The van der Waals surface area contributed by atoms with Crippen molar-refractivity contribution in [1.82, 2.24) is 0 Å². The second-order valence-corrected chi connectivity index (χ2v) is 3.76. The molecular weight excluding hydrogens is 202 g/mol. The number of benzene rings is 1. The number of methoxy groups -OCH3 is 1. The number of ether oxygens (including phenoxy) is 1. The maximum Gasteiger partial charge on any atom is 0.193 e. The van der Waals surface area contributed by atoms with Gasteiger partial charge >= 0.3 is 0 Å². The van der Waals surface area contributed by atoms with Gasteiger partial charge in [-0.3, -0.25) is 4.99 Å². The minimum atomic E-state index is 0.419. The molecule has 88 valence electrons. The number of hydrogen-bond acceptors (Lipinski definition) is 2. The van der Waals surface area contributed by atoms with Crippen molar-refractivity contribution in [2.24, 2.45) is 10.7 Å². The average Bonchev–Trinajstić information content (AvgIpc) is 2.16. The van der Waals surface area contributed by atoms with Gasteiger partial charge in [0.25, 0.3) is 0 Å². The third kappa shape index (κ3) is 4.31. The summed E-state index contributed by atoms with van der Waals surface area (Å²) in [5.74, 6) is 0.419. The Morgan fingerprint density at radius 2 is 1.94 bits per heavy atom. The maximum absolute atomic E-state index is 5.73. The highest BCUT2D eigenvalue weighted by atomic mass is 16.5. The minimum Gasteiger partial charge on any atom is -0.383 e. The first-order valence-electron chi connectivity index (χ1n) is 5.26. The Labute approximate surface area is 96.5 Å². The van der Waals surface area contributed by atoms with Crippen molar-refractivity contribution in [3.63, 3.8) is 0 Å². The van der Waals surface area contributed by atoms with E-state index in [1.165, 1.54) is 11.1 Å². The van der Waals surface area contributed by atoms with Gasteiger partial charge in [-0.1, -0.05) is 6.07 Å². The van der Waals surface area contributed by atoms with Crippen LogP contribution < -0.4 is 11.1 Å². The van der Waals surface area contributed by atoms with E-state index in [0.29, 0.717) is 19.1 Å². The summed E-state index contributed by atoms with van der Waals surface area (Å²) >= 11 is 0. The summed E-state index contributed by atoms with van der Waals surface area (Å²) < 4.78 is 4.89. The quantitative estimate of drug-likeness (QED) is 0.462. The number of nitrogens with one attached hydrogen (secondary N) is 1. The smallest absolute Gasteiger partial charge is 0.193 e. The fourth-order valence-electron chi connectivity index (χ4n) is 1.49. The predicted octanol–water partition coefficient (Wildman–Crippen LogP) is 1.68. The van der Waals surface area contributed by atoms with E-state index in [2.05, 4.69) is 30.2 Å². The van der Waals surface area contributed by atoms with Gasteiger partial charge in [-0.05, 0) is 37.1 Å². The highest BCUT2D eigenvalue weighted by Crippen LogP contribution is 2.13. The van der Waals surface area contributed by atoms with Crippen LogP contribution in [0.5, 0.6) is 0 Å². The molecule has 0 heterocycles. The summed E-state index contributed by atoms with van der Waals surface area (Å²) in [6.07, 6.45) is 0. The Balaban J connectivity index is 2.61. The first-order chi connectivity index (χ1) is 7.61. The molecule has 0 aromatic heterocycles. The molecule has 0 aliphatic heterocycles. The number of aryl methyl sites for hydroxylation is 2. The third-order valence-electron chi connectivity index (χ3n) is 2.07. The van der Waals surface area contributed by atoms with E-state index < -0.39 is 0 Å². The molecular formula is C12H19N3O. The summed E-state index contributed by atoms with van der Waals surface area (Å²) in [6.45, 7) is 5.25. The average molecular weight is 221 g/mol. The van der Waals surface area contributed by atoms with Gasteiger partial charge in [0.15, 0.2) is 5.96 Å². The molecule has 0 unspecified atom stereocenters. The number of anilines is 1. The monoisotopic (exact) mass is 221 g/mol. The Morgan fingerprint density at radius 1 is 1.31 bits per heavy atom. The number of nitrogens with two attached hydrogens (primary N) is 1. The van der Waals surface area contributed by atoms with Gasteiger partial charge in [-0.2, -0.15) is 0 Å². The predicted molar refractivity (Wildman–Crippen MR) is 67.9 cm³/mol. The molecule has 0 saturated carbocycles. The fraction of sp³-hybridized carbons (Fsp3) is 0.417. The van der Waals surface area contributed by atoms with Crippen molar-refractivity contribution in [1.29, 1.82) is 0 Å². The number of nitrogens with zero attached hydrogens (tertiary/aromatic N) is 1. The molecule has 0 aliphatic carbocycles. The number of hydrogen-bond donors (Lipinski definition) is 2. The molecule has 0 spiro atoms. The molecule has 0 saturated heterocycles. The lowest BCUT2D eigenvalue weighted by Gasteiger charge is -2.07. The molecule has 0 bridgehead atoms. The summed E-state index contributed by atoms with van der Waals surface area (Å²) in [4.78, 5) is 4.13. The summed E-state index contributed by atoms with van der Waals surface area (Å²) in [5.41, 5.74) is 9.10. The SMILES string of the molecule is COCCN=C(N)Nc1cc(C)cc(C)c1. The highest BCUT2D eigenvalue weighted by Gasteiger charge is 1.97. The summed E-state index contributed by atoms with van der Waals surface area (Å²) in [7, 11) is 1.64. The van der Waals surface area contributed by atoms with E-state index in [0.717, 1.165) is 5.69 Å². The molecule has 0 radical (unpaired) electrons. The standard InChI is InChI=1S/C12H19N3O/c1-9-6-10(2)8-11(7-9)15-12(13)14-4-5-16-3/h6-8H,4-5H2,1-3H3,(H3,13,14,15). The van der Waals surface area contributed by atoms with Crippen molar-refractivity contribution in [3.8, 4) is 0 Å². The van der Waals surface area contributed by atoms with Gasteiger partial charge in [-0.25, -0.2) is 0 Å². The highest BCUT2D eigenvalue weighted by molar-refractivity contribution is 5.92. The van der Waals surface area contributed by atoms with Crippen LogP contribution in [0.1, 0.15) is 11.1 Å². The van der Waals surface area contributed by atoms with Crippen molar-refractivity contribution in [3.05, 3.63) is 29.3 Å². The lowest BCUT2D eigenvalue weighted by molar-refractivity contribution is 0.208. The number of rotatable bonds is 4. The van der Waals surface area contributed by atoms with E-state index in [4.69, 9.17) is 10.5 Å². The van der Waals surface area contributed by atoms with Gasteiger partial charge in [0.05, 0.1) is 13.2 Å². The number of guanidine groups is 1. The lowest BCUT2D eigenvalue weighted by atomic mass is 10.1. The molecule has 0 atom stereocenters.